The lowest BCUT2D eigenvalue weighted by Crippen LogP contribution is -2.38. The fourth-order valence-electron chi connectivity index (χ4n) is 1.55. The third-order valence-corrected chi connectivity index (χ3v) is 4.44. The fraction of sp³-hybridized carbons (Fsp3) is 0.583. The van der Waals surface area contributed by atoms with Gasteiger partial charge in [-0.05, 0) is 28.3 Å². The van der Waals surface area contributed by atoms with Crippen LogP contribution in [0.25, 0.3) is 0 Å². The quantitative estimate of drug-likeness (QED) is 0.840. The number of carbonyl (C=O) groups excluding carboxylic acids is 1. The van der Waals surface area contributed by atoms with E-state index in [0.29, 0.717) is 17.0 Å². The normalized spacial score (nSPS) is 12.6. The van der Waals surface area contributed by atoms with Gasteiger partial charge in [-0.2, -0.15) is 0 Å². The average molecular weight is 336 g/mol. The Morgan fingerprint density at radius 2 is 2.28 bits per heavy atom. The van der Waals surface area contributed by atoms with Crippen molar-refractivity contribution < 1.29 is 14.6 Å². The van der Waals surface area contributed by atoms with E-state index < -0.39 is 0 Å². The summed E-state index contributed by atoms with van der Waals surface area (Å²) in [7, 11) is 1.57. The summed E-state index contributed by atoms with van der Waals surface area (Å²) in [5.74, 6) is 0.816. The summed E-state index contributed by atoms with van der Waals surface area (Å²) in [5.41, 5.74) is 0. The highest BCUT2D eigenvalue weighted by molar-refractivity contribution is 9.11. The fourth-order valence-corrected chi connectivity index (χ4v) is 3.11. The van der Waals surface area contributed by atoms with Crippen molar-refractivity contribution in [2.45, 2.75) is 26.3 Å². The molecule has 0 aliphatic carbocycles. The van der Waals surface area contributed by atoms with E-state index in [-0.39, 0.29) is 24.5 Å². The number of amides is 1. The third kappa shape index (κ3) is 3.96. The van der Waals surface area contributed by atoms with Crippen molar-refractivity contribution in [2.75, 3.05) is 13.7 Å². The van der Waals surface area contributed by atoms with Crippen LogP contribution in [-0.4, -0.2) is 30.8 Å². The van der Waals surface area contributed by atoms with E-state index in [2.05, 4.69) is 21.2 Å². The van der Waals surface area contributed by atoms with Gasteiger partial charge < -0.3 is 15.2 Å². The summed E-state index contributed by atoms with van der Waals surface area (Å²) in [6.07, 6.45) is 0.563. The van der Waals surface area contributed by atoms with E-state index in [0.717, 1.165) is 3.79 Å². The molecule has 0 aliphatic heterocycles. The van der Waals surface area contributed by atoms with Crippen LogP contribution in [0.15, 0.2) is 9.85 Å². The van der Waals surface area contributed by atoms with Gasteiger partial charge in [-0.1, -0.05) is 13.8 Å². The van der Waals surface area contributed by atoms with E-state index >= 15 is 0 Å². The van der Waals surface area contributed by atoms with Gasteiger partial charge in [-0.3, -0.25) is 4.79 Å². The molecular formula is C12H18BrNO3S. The van der Waals surface area contributed by atoms with Gasteiger partial charge in [0.25, 0.3) is 5.91 Å². The first-order valence-electron chi connectivity index (χ1n) is 5.74. The van der Waals surface area contributed by atoms with E-state index in [4.69, 9.17) is 9.84 Å². The first-order valence-corrected chi connectivity index (χ1v) is 7.35. The van der Waals surface area contributed by atoms with Crippen LogP contribution in [0.5, 0.6) is 5.75 Å². The molecule has 1 atom stereocenters. The molecular weight excluding hydrogens is 318 g/mol. The van der Waals surface area contributed by atoms with Gasteiger partial charge in [0.1, 0.15) is 9.54 Å². The number of methoxy groups -OCH3 is 1. The number of aliphatic hydroxyl groups excluding tert-OH is 1. The van der Waals surface area contributed by atoms with Gasteiger partial charge in [-0.25, -0.2) is 0 Å². The SMILES string of the molecule is COc1cc(C(=O)NC(CCO)C(C)C)sc1Br. The second-order valence-corrected chi connectivity index (χ2v) is 6.66. The molecule has 1 aromatic rings. The lowest BCUT2D eigenvalue weighted by Gasteiger charge is -2.20. The topological polar surface area (TPSA) is 58.6 Å². The Bertz CT molecular complexity index is 406. The molecule has 0 aliphatic rings. The van der Waals surface area contributed by atoms with Crippen LogP contribution in [0.2, 0.25) is 0 Å². The number of ether oxygens (including phenoxy) is 1. The predicted octanol–water partition coefficient (Wildman–Crippen LogP) is 2.66. The number of aliphatic hydroxyl groups is 1. The zero-order valence-electron chi connectivity index (χ0n) is 10.7. The number of thiophene rings is 1. The van der Waals surface area contributed by atoms with E-state index in [1.54, 1.807) is 13.2 Å². The molecule has 6 heteroatoms. The second-order valence-electron chi connectivity index (χ2n) is 4.29. The third-order valence-electron chi connectivity index (χ3n) is 2.66. The number of hydrogen-bond donors (Lipinski definition) is 2. The van der Waals surface area contributed by atoms with Gasteiger partial charge >= 0.3 is 0 Å². The standard InChI is InChI=1S/C12H18BrNO3S/c1-7(2)8(4-5-15)14-12(16)10-6-9(17-3)11(13)18-10/h6-8,15H,4-5H2,1-3H3,(H,14,16). The smallest absolute Gasteiger partial charge is 0.261 e. The maximum absolute atomic E-state index is 12.1. The van der Waals surface area contributed by atoms with Crippen LogP contribution in [0.1, 0.15) is 29.9 Å². The molecule has 4 nitrogen and oxygen atoms in total. The van der Waals surface area contributed by atoms with E-state index in [1.165, 1.54) is 11.3 Å². The molecule has 0 saturated carbocycles. The highest BCUT2D eigenvalue weighted by Gasteiger charge is 2.19. The summed E-state index contributed by atoms with van der Waals surface area (Å²) in [4.78, 5) is 12.7. The van der Waals surface area contributed by atoms with Crippen LogP contribution in [0.3, 0.4) is 0 Å². The number of carbonyl (C=O) groups is 1. The number of halogens is 1. The molecule has 2 N–H and O–H groups in total. The Balaban J connectivity index is 2.73. The zero-order valence-corrected chi connectivity index (χ0v) is 13.1. The van der Waals surface area contributed by atoms with Crippen LogP contribution >= 0.6 is 27.3 Å². The maximum atomic E-state index is 12.1. The lowest BCUT2D eigenvalue weighted by atomic mass is 10.0. The summed E-state index contributed by atoms with van der Waals surface area (Å²) in [6.45, 7) is 4.11. The maximum Gasteiger partial charge on any atom is 0.261 e. The Morgan fingerprint density at radius 3 is 2.72 bits per heavy atom. The predicted molar refractivity (Wildman–Crippen MR) is 76.4 cm³/mol. The van der Waals surface area contributed by atoms with E-state index in [1.807, 2.05) is 13.8 Å². The molecule has 1 aromatic heterocycles. The second kappa shape index (κ2) is 7.11. The van der Waals surface area contributed by atoms with Gasteiger partial charge in [0.05, 0.1) is 12.0 Å². The molecule has 0 radical (unpaired) electrons. The zero-order chi connectivity index (χ0) is 13.7. The summed E-state index contributed by atoms with van der Waals surface area (Å²) in [5, 5.41) is 11.9. The van der Waals surface area contributed by atoms with Crippen molar-refractivity contribution in [3.8, 4) is 5.75 Å². The number of nitrogens with one attached hydrogen (secondary N) is 1. The molecule has 102 valence electrons. The van der Waals surface area contributed by atoms with Crippen molar-refractivity contribution in [1.29, 1.82) is 0 Å². The summed E-state index contributed by atoms with van der Waals surface area (Å²) >= 11 is 4.68. The molecule has 0 fully saturated rings. The molecule has 0 bridgehead atoms. The van der Waals surface area contributed by atoms with Crippen molar-refractivity contribution in [1.82, 2.24) is 5.32 Å². The van der Waals surface area contributed by atoms with Crippen LogP contribution in [-0.2, 0) is 0 Å². The molecule has 0 saturated heterocycles. The molecule has 18 heavy (non-hydrogen) atoms. The van der Waals surface area contributed by atoms with Crippen LogP contribution in [0.4, 0.5) is 0 Å². The summed E-state index contributed by atoms with van der Waals surface area (Å²) in [6, 6.07) is 1.69. The molecule has 1 heterocycles. The highest BCUT2D eigenvalue weighted by Crippen LogP contribution is 2.34. The van der Waals surface area contributed by atoms with Crippen LogP contribution < -0.4 is 10.1 Å². The van der Waals surface area contributed by atoms with Gasteiger partial charge in [0, 0.05) is 18.7 Å². The Hall–Kier alpha value is -0.590. The van der Waals surface area contributed by atoms with Crippen molar-refractivity contribution in [3.05, 3.63) is 14.7 Å². The average Bonchev–Trinajstić information content (AvgIpc) is 2.69. The van der Waals surface area contributed by atoms with Crippen LogP contribution in [0, 0.1) is 5.92 Å². The minimum Gasteiger partial charge on any atom is -0.495 e. The monoisotopic (exact) mass is 335 g/mol. The molecule has 1 amide bonds. The first kappa shape index (κ1) is 15.5. The first-order chi connectivity index (χ1) is 8.49. The van der Waals surface area contributed by atoms with Gasteiger partial charge in [0.2, 0.25) is 0 Å². The Kier molecular flexibility index (Phi) is 6.11. The van der Waals surface area contributed by atoms with Gasteiger partial charge in [0.15, 0.2) is 0 Å². The molecule has 1 unspecified atom stereocenters. The highest BCUT2D eigenvalue weighted by atomic mass is 79.9. The van der Waals surface area contributed by atoms with Gasteiger partial charge in [-0.15, -0.1) is 11.3 Å². The van der Waals surface area contributed by atoms with Crippen molar-refractivity contribution in [2.24, 2.45) is 5.92 Å². The molecule has 1 rings (SSSR count). The minimum absolute atomic E-state index is 0.0191. The number of hydrogen-bond acceptors (Lipinski definition) is 4. The number of rotatable bonds is 6. The molecule has 0 spiro atoms. The Morgan fingerprint density at radius 1 is 1.61 bits per heavy atom. The largest absolute Gasteiger partial charge is 0.495 e. The van der Waals surface area contributed by atoms with Crippen molar-refractivity contribution in [3.63, 3.8) is 0 Å². The van der Waals surface area contributed by atoms with E-state index in [9.17, 15) is 4.79 Å². The Labute approximate surface area is 119 Å². The van der Waals surface area contributed by atoms with Crippen molar-refractivity contribution >= 4 is 33.2 Å². The minimum atomic E-state index is -0.129. The summed E-state index contributed by atoms with van der Waals surface area (Å²) < 4.78 is 5.92. The molecule has 0 aromatic carbocycles. The lowest BCUT2D eigenvalue weighted by molar-refractivity contribution is 0.0920.